The van der Waals surface area contributed by atoms with Crippen LogP contribution in [0.1, 0.15) is 18.4 Å². The molecule has 4 aromatic rings. The van der Waals surface area contributed by atoms with Crippen molar-refractivity contribution in [3.05, 3.63) is 71.4 Å². The van der Waals surface area contributed by atoms with Crippen LogP contribution in [-0.4, -0.2) is 26.4 Å². The van der Waals surface area contributed by atoms with E-state index in [1.807, 2.05) is 42.5 Å². The number of hydrogen-bond acceptors (Lipinski definition) is 5. The highest BCUT2D eigenvalue weighted by molar-refractivity contribution is 8.01. The first-order valence-corrected chi connectivity index (χ1v) is 11.4. The van der Waals surface area contributed by atoms with Crippen LogP contribution in [0.2, 0.25) is 5.02 Å². The van der Waals surface area contributed by atoms with Crippen LogP contribution in [0.5, 0.6) is 0 Å². The van der Waals surface area contributed by atoms with Crippen LogP contribution >= 0.6 is 34.7 Å². The minimum atomic E-state index is -0.0178. The third-order valence-corrected chi connectivity index (χ3v) is 6.94. The number of amides is 1. The van der Waals surface area contributed by atoms with Crippen LogP contribution in [0.15, 0.2) is 65.1 Å². The Kier molecular flexibility index (Phi) is 6.49. The number of nitrogens with zero attached hydrogens (tertiary/aromatic N) is 3. The van der Waals surface area contributed by atoms with E-state index in [0.717, 1.165) is 27.6 Å². The fourth-order valence-electron chi connectivity index (χ4n) is 2.86. The summed E-state index contributed by atoms with van der Waals surface area (Å²) in [7, 11) is 0. The minimum Gasteiger partial charge on any atom is -0.311 e. The normalized spacial score (nSPS) is 11.1. The average Bonchev–Trinajstić information content (AvgIpc) is 3.33. The largest absolute Gasteiger partial charge is 0.311 e. The Bertz CT molecular complexity index is 1090. The van der Waals surface area contributed by atoms with E-state index in [0.29, 0.717) is 23.8 Å². The third-order valence-electron chi connectivity index (χ3n) is 4.31. The second-order valence-electron chi connectivity index (χ2n) is 6.41. The molecule has 0 spiro atoms. The number of halogens is 1. The summed E-state index contributed by atoms with van der Waals surface area (Å²) in [4.78, 5) is 16.9. The average molecular weight is 443 g/mol. The lowest BCUT2D eigenvalue weighted by Gasteiger charge is -2.10. The van der Waals surface area contributed by atoms with Crippen LogP contribution in [-0.2, 0) is 11.3 Å². The van der Waals surface area contributed by atoms with Crippen LogP contribution < -0.4 is 5.32 Å². The van der Waals surface area contributed by atoms with E-state index >= 15 is 0 Å². The number of hydrogen-bond donors (Lipinski definition) is 1. The second-order valence-corrected chi connectivity index (χ2v) is 9.19. The molecule has 148 valence electrons. The molecule has 0 bridgehead atoms. The van der Waals surface area contributed by atoms with Crippen molar-refractivity contribution in [2.45, 2.75) is 23.7 Å². The summed E-state index contributed by atoms with van der Waals surface area (Å²) in [5.74, 6) is 1.51. The summed E-state index contributed by atoms with van der Waals surface area (Å²) in [6.45, 7) is 0.510. The smallest absolute Gasteiger partial charge is 0.225 e. The van der Waals surface area contributed by atoms with Gasteiger partial charge < -0.3 is 5.32 Å². The maximum atomic E-state index is 12.3. The molecule has 0 atom stereocenters. The number of carbonyl (C=O) groups is 1. The van der Waals surface area contributed by atoms with E-state index in [-0.39, 0.29) is 5.91 Å². The predicted molar refractivity (Wildman–Crippen MR) is 121 cm³/mol. The van der Waals surface area contributed by atoms with Gasteiger partial charge in [0.25, 0.3) is 0 Å². The lowest BCUT2D eigenvalue weighted by molar-refractivity contribution is -0.116. The van der Waals surface area contributed by atoms with Gasteiger partial charge in [-0.15, -0.1) is 11.3 Å². The molecule has 29 heavy (non-hydrogen) atoms. The van der Waals surface area contributed by atoms with E-state index in [1.54, 1.807) is 40.0 Å². The molecule has 0 aliphatic heterocycles. The van der Waals surface area contributed by atoms with Crippen molar-refractivity contribution >= 4 is 56.6 Å². The number of thiazole rings is 1. The Hall–Kier alpha value is -2.35. The van der Waals surface area contributed by atoms with Crippen molar-refractivity contribution in [2.75, 3.05) is 11.1 Å². The lowest BCUT2D eigenvalue weighted by atomic mass is 10.2. The first kappa shape index (κ1) is 19.9. The highest BCUT2D eigenvalue weighted by Crippen LogP contribution is 2.29. The molecule has 5 nitrogen and oxygen atoms in total. The molecule has 2 heterocycles. The lowest BCUT2D eigenvalue weighted by Crippen LogP contribution is -2.16. The van der Waals surface area contributed by atoms with Gasteiger partial charge in [-0.1, -0.05) is 53.7 Å². The standard InChI is InChI=1S/C21H19ClN4OS2/c22-16-7-2-1-6-15(16)14-26-19(11-12-23-26)25-20(27)10-5-13-28-21-24-17-8-3-4-9-18(17)29-21/h1-4,6-9,11-12H,5,10,13-14H2,(H,25,27). The van der Waals surface area contributed by atoms with Crippen molar-refractivity contribution in [1.82, 2.24) is 14.8 Å². The quantitative estimate of drug-likeness (QED) is 0.280. The monoisotopic (exact) mass is 442 g/mol. The van der Waals surface area contributed by atoms with E-state index in [4.69, 9.17) is 11.6 Å². The van der Waals surface area contributed by atoms with Crippen molar-refractivity contribution in [1.29, 1.82) is 0 Å². The highest BCUT2D eigenvalue weighted by atomic mass is 35.5. The number of fused-ring (bicyclic) bond motifs is 1. The Morgan fingerprint density at radius 1 is 1.14 bits per heavy atom. The first-order chi connectivity index (χ1) is 14.2. The predicted octanol–water partition coefficient (Wildman–Crippen LogP) is 5.71. The van der Waals surface area contributed by atoms with Crippen molar-refractivity contribution in [3.8, 4) is 0 Å². The van der Waals surface area contributed by atoms with Gasteiger partial charge in [0.1, 0.15) is 5.82 Å². The summed E-state index contributed by atoms with van der Waals surface area (Å²) in [5.41, 5.74) is 1.99. The summed E-state index contributed by atoms with van der Waals surface area (Å²) < 4.78 is 3.98. The van der Waals surface area contributed by atoms with Gasteiger partial charge in [-0.3, -0.25) is 4.79 Å². The number of thioether (sulfide) groups is 1. The van der Waals surface area contributed by atoms with E-state index in [1.165, 1.54) is 4.70 Å². The number of rotatable bonds is 8. The van der Waals surface area contributed by atoms with Gasteiger partial charge in [-0.25, -0.2) is 9.67 Å². The molecule has 2 aromatic carbocycles. The molecule has 0 aliphatic rings. The van der Waals surface area contributed by atoms with Crippen LogP contribution in [0.4, 0.5) is 5.82 Å². The minimum absolute atomic E-state index is 0.0178. The molecule has 1 amide bonds. The molecule has 0 radical (unpaired) electrons. The molecule has 0 aliphatic carbocycles. The van der Waals surface area contributed by atoms with Gasteiger partial charge in [-0.05, 0) is 30.2 Å². The number of carbonyl (C=O) groups excluding carboxylic acids is 1. The molecule has 0 unspecified atom stereocenters. The van der Waals surface area contributed by atoms with Gasteiger partial charge in [0.15, 0.2) is 4.34 Å². The molecule has 4 rings (SSSR count). The van der Waals surface area contributed by atoms with Crippen LogP contribution in [0, 0.1) is 0 Å². The first-order valence-electron chi connectivity index (χ1n) is 9.22. The summed E-state index contributed by atoms with van der Waals surface area (Å²) in [6, 6.07) is 17.6. The maximum Gasteiger partial charge on any atom is 0.225 e. The zero-order valence-electron chi connectivity index (χ0n) is 15.5. The molecular formula is C21H19ClN4OS2. The van der Waals surface area contributed by atoms with Gasteiger partial charge in [0.05, 0.1) is 23.0 Å². The van der Waals surface area contributed by atoms with Gasteiger partial charge in [-0.2, -0.15) is 5.10 Å². The van der Waals surface area contributed by atoms with Crippen molar-refractivity contribution in [3.63, 3.8) is 0 Å². The summed E-state index contributed by atoms with van der Waals surface area (Å²) >= 11 is 9.62. The maximum absolute atomic E-state index is 12.3. The molecule has 2 aromatic heterocycles. The molecule has 0 saturated carbocycles. The van der Waals surface area contributed by atoms with E-state index < -0.39 is 0 Å². The van der Waals surface area contributed by atoms with Gasteiger partial charge >= 0.3 is 0 Å². The fourth-order valence-corrected chi connectivity index (χ4v) is 5.14. The van der Waals surface area contributed by atoms with Gasteiger partial charge in [0, 0.05) is 23.3 Å². The van der Waals surface area contributed by atoms with Crippen LogP contribution in [0.3, 0.4) is 0 Å². The van der Waals surface area contributed by atoms with E-state index in [9.17, 15) is 4.79 Å². The van der Waals surface area contributed by atoms with Crippen molar-refractivity contribution in [2.24, 2.45) is 0 Å². The van der Waals surface area contributed by atoms with Crippen molar-refractivity contribution < 1.29 is 4.79 Å². The number of anilines is 1. The Morgan fingerprint density at radius 2 is 1.97 bits per heavy atom. The second kappa shape index (κ2) is 9.43. The van der Waals surface area contributed by atoms with Crippen LogP contribution in [0.25, 0.3) is 10.2 Å². The molecule has 8 heteroatoms. The molecule has 0 fully saturated rings. The molecular weight excluding hydrogens is 424 g/mol. The fraction of sp³-hybridized carbons (Fsp3) is 0.190. The highest BCUT2D eigenvalue weighted by Gasteiger charge is 2.10. The Balaban J connectivity index is 1.26. The Morgan fingerprint density at radius 3 is 2.83 bits per heavy atom. The number of nitrogens with one attached hydrogen (secondary N) is 1. The molecule has 1 N–H and O–H groups in total. The third kappa shape index (κ3) is 5.18. The number of benzene rings is 2. The topological polar surface area (TPSA) is 59.8 Å². The van der Waals surface area contributed by atoms with Gasteiger partial charge in [0.2, 0.25) is 5.91 Å². The van der Waals surface area contributed by atoms with E-state index in [2.05, 4.69) is 21.5 Å². The zero-order valence-corrected chi connectivity index (χ0v) is 17.9. The number of aromatic nitrogens is 3. The molecule has 0 saturated heterocycles. The summed E-state index contributed by atoms with van der Waals surface area (Å²) in [5, 5.41) is 7.93. The zero-order chi connectivity index (χ0) is 20.1. The Labute approximate surface area is 182 Å². The SMILES string of the molecule is O=C(CCCSc1nc2ccccc2s1)Nc1ccnn1Cc1ccccc1Cl. The number of para-hydroxylation sites is 1. The summed E-state index contributed by atoms with van der Waals surface area (Å²) in [6.07, 6.45) is 2.91.